The highest BCUT2D eigenvalue weighted by molar-refractivity contribution is 7.99. The Morgan fingerprint density at radius 1 is 1.39 bits per heavy atom. The topological polar surface area (TPSA) is 88.3 Å². The number of aromatic nitrogens is 5. The van der Waals surface area contributed by atoms with Crippen molar-refractivity contribution in [1.82, 2.24) is 24.6 Å². The molecule has 0 unspecified atom stereocenters. The molecule has 0 atom stereocenters. The molecule has 8 nitrogen and oxygen atoms in total. The zero-order valence-electron chi connectivity index (χ0n) is 14.7. The first-order chi connectivity index (χ1) is 13.4. The predicted molar refractivity (Wildman–Crippen MR) is 109 cm³/mol. The SMILES string of the molecule is CN(C)c1nc2ncn3c(SCC(=O)Nc4cccc(Cl)c4F)nnc3c2s1. The van der Waals surface area contributed by atoms with Crippen LogP contribution in [0.1, 0.15) is 0 Å². The molecular formula is C16H13ClFN7OS2. The lowest BCUT2D eigenvalue weighted by Gasteiger charge is -2.06. The van der Waals surface area contributed by atoms with Crippen molar-refractivity contribution in [2.75, 3.05) is 30.1 Å². The molecule has 0 radical (unpaired) electrons. The molecule has 0 aliphatic rings. The van der Waals surface area contributed by atoms with Gasteiger partial charge in [-0.3, -0.25) is 9.20 Å². The number of benzene rings is 1. The van der Waals surface area contributed by atoms with Gasteiger partial charge >= 0.3 is 0 Å². The van der Waals surface area contributed by atoms with Crippen LogP contribution in [0.15, 0.2) is 29.7 Å². The molecule has 0 aliphatic carbocycles. The smallest absolute Gasteiger partial charge is 0.234 e. The minimum absolute atomic E-state index is 0.0242. The second-order valence-electron chi connectivity index (χ2n) is 5.90. The van der Waals surface area contributed by atoms with Crippen LogP contribution in [0.4, 0.5) is 15.2 Å². The van der Waals surface area contributed by atoms with E-state index >= 15 is 0 Å². The van der Waals surface area contributed by atoms with Crippen LogP contribution < -0.4 is 10.2 Å². The van der Waals surface area contributed by atoms with Crippen LogP contribution in [-0.2, 0) is 4.79 Å². The molecule has 4 aromatic rings. The number of thiazole rings is 1. The van der Waals surface area contributed by atoms with E-state index in [1.807, 2.05) is 19.0 Å². The first-order valence-electron chi connectivity index (χ1n) is 7.98. The lowest BCUT2D eigenvalue weighted by Crippen LogP contribution is -2.15. The maximum absolute atomic E-state index is 13.9. The number of carbonyl (C=O) groups excluding carboxylic acids is 1. The fraction of sp³-hybridized carbons (Fsp3) is 0.188. The van der Waals surface area contributed by atoms with E-state index in [-0.39, 0.29) is 22.4 Å². The lowest BCUT2D eigenvalue weighted by molar-refractivity contribution is -0.113. The van der Waals surface area contributed by atoms with Crippen LogP contribution in [0.25, 0.3) is 16.0 Å². The largest absolute Gasteiger partial charge is 0.354 e. The molecule has 12 heteroatoms. The Hall–Kier alpha value is -2.50. The summed E-state index contributed by atoms with van der Waals surface area (Å²) >= 11 is 8.36. The number of fused-ring (bicyclic) bond motifs is 3. The van der Waals surface area contributed by atoms with Crippen LogP contribution in [-0.4, -0.2) is 50.3 Å². The number of rotatable bonds is 5. The highest BCUT2D eigenvalue weighted by atomic mass is 35.5. The van der Waals surface area contributed by atoms with Crippen molar-refractivity contribution in [1.29, 1.82) is 0 Å². The van der Waals surface area contributed by atoms with E-state index in [2.05, 4.69) is 25.5 Å². The first kappa shape index (κ1) is 18.8. The van der Waals surface area contributed by atoms with E-state index in [0.717, 1.165) is 9.83 Å². The molecule has 0 aliphatic heterocycles. The summed E-state index contributed by atoms with van der Waals surface area (Å²) in [6, 6.07) is 4.43. The van der Waals surface area contributed by atoms with Gasteiger partial charge in [-0.05, 0) is 12.1 Å². The van der Waals surface area contributed by atoms with Gasteiger partial charge in [0.15, 0.2) is 27.4 Å². The Labute approximate surface area is 171 Å². The Morgan fingerprint density at radius 2 is 2.21 bits per heavy atom. The van der Waals surface area contributed by atoms with Gasteiger partial charge in [0.05, 0.1) is 16.5 Å². The molecule has 3 heterocycles. The Morgan fingerprint density at radius 3 is 3.00 bits per heavy atom. The first-order valence-corrected chi connectivity index (χ1v) is 10.2. The summed E-state index contributed by atoms with van der Waals surface area (Å²) in [7, 11) is 3.81. The van der Waals surface area contributed by atoms with Gasteiger partial charge in [0, 0.05) is 14.1 Å². The number of amides is 1. The fourth-order valence-electron chi connectivity index (χ4n) is 2.39. The van der Waals surface area contributed by atoms with E-state index in [4.69, 9.17) is 11.6 Å². The molecule has 0 fully saturated rings. The van der Waals surface area contributed by atoms with Crippen molar-refractivity contribution in [2.24, 2.45) is 0 Å². The van der Waals surface area contributed by atoms with E-state index in [1.165, 1.54) is 35.2 Å². The highest BCUT2D eigenvalue weighted by Gasteiger charge is 2.16. The van der Waals surface area contributed by atoms with Gasteiger partial charge in [0.25, 0.3) is 0 Å². The molecule has 0 saturated carbocycles. The monoisotopic (exact) mass is 437 g/mol. The molecule has 0 bridgehead atoms. The Balaban J connectivity index is 1.52. The van der Waals surface area contributed by atoms with Crippen molar-refractivity contribution < 1.29 is 9.18 Å². The van der Waals surface area contributed by atoms with E-state index < -0.39 is 5.82 Å². The number of anilines is 2. The molecule has 1 aromatic carbocycles. The van der Waals surface area contributed by atoms with Gasteiger partial charge in [-0.15, -0.1) is 10.2 Å². The second kappa shape index (κ2) is 7.49. The standard InChI is InChI=1S/C16H13ClFN7OS2/c1-24(2)15-21-13-12(28-15)14-22-23-16(25(14)7-19-13)27-6-10(26)20-9-5-3-4-8(17)11(9)18/h3-5,7H,6H2,1-2H3,(H,20,26). The summed E-state index contributed by atoms with van der Waals surface area (Å²) in [4.78, 5) is 22.8. The van der Waals surface area contributed by atoms with Crippen LogP contribution in [0.3, 0.4) is 0 Å². The molecule has 0 saturated heterocycles. The molecule has 0 spiro atoms. The van der Waals surface area contributed by atoms with Gasteiger partial charge in [0.1, 0.15) is 11.0 Å². The van der Waals surface area contributed by atoms with Crippen LogP contribution >= 0.6 is 34.7 Å². The van der Waals surface area contributed by atoms with Crippen molar-refractivity contribution in [3.05, 3.63) is 35.4 Å². The van der Waals surface area contributed by atoms with Crippen molar-refractivity contribution in [3.8, 4) is 0 Å². The second-order valence-corrected chi connectivity index (χ2v) is 8.23. The van der Waals surface area contributed by atoms with Crippen molar-refractivity contribution in [2.45, 2.75) is 5.16 Å². The third-order valence-corrected chi connectivity index (χ3v) is 6.14. The molecule has 3 aromatic heterocycles. The summed E-state index contributed by atoms with van der Waals surface area (Å²) in [6.45, 7) is 0. The minimum atomic E-state index is -0.663. The zero-order chi connectivity index (χ0) is 19.8. The van der Waals surface area contributed by atoms with Gasteiger partial charge in [-0.1, -0.05) is 40.8 Å². The number of nitrogens with zero attached hydrogens (tertiary/aromatic N) is 6. The summed E-state index contributed by atoms with van der Waals surface area (Å²) < 4.78 is 16.4. The minimum Gasteiger partial charge on any atom is -0.354 e. The summed E-state index contributed by atoms with van der Waals surface area (Å²) in [5.74, 6) is -1.02. The molecule has 144 valence electrons. The van der Waals surface area contributed by atoms with Gasteiger partial charge < -0.3 is 10.2 Å². The molecular weight excluding hydrogens is 425 g/mol. The quantitative estimate of drug-likeness (QED) is 0.479. The van der Waals surface area contributed by atoms with Crippen LogP contribution in [0.5, 0.6) is 0 Å². The van der Waals surface area contributed by atoms with Gasteiger partial charge in [-0.25, -0.2) is 9.37 Å². The zero-order valence-corrected chi connectivity index (χ0v) is 17.1. The van der Waals surface area contributed by atoms with Crippen molar-refractivity contribution >= 4 is 67.4 Å². The summed E-state index contributed by atoms with van der Waals surface area (Å²) in [5.41, 5.74) is 1.26. The molecule has 1 N–H and O–H groups in total. The lowest BCUT2D eigenvalue weighted by atomic mass is 10.3. The van der Waals surface area contributed by atoms with E-state index in [9.17, 15) is 9.18 Å². The van der Waals surface area contributed by atoms with Gasteiger partial charge in [0.2, 0.25) is 5.91 Å². The number of hydrogen-bond donors (Lipinski definition) is 1. The predicted octanol–water partition coefficient (Wildman–Crippen LogP) is 3.32. The molecule has 1 amide bonds. The fourth-order valence-corrected chi connectivity index (χ4v) is 4.18. The average molecular weight is 438 g/mol. The Kier molecular flexibility index (Phi) is 5.04. The maximum Gasteiger partial charge on any atom is 0.234 e. The Bertz CT molecular complexity index is 1190. The third-order valence-electron chi connectivity index (χ3n) is 3.70. The van der Waals surface area contributed by atoms with E-state index in [0.29, 0.717) is 16.5 Å². The highest BCUT2D eigenvalue weighted by Crippen LogP contribution is 2.30. The van der Waals surface area contributed by atoms with Crippen molar-refractivity contribution in [3.63, 3.8) is 0 Å². The van der Waals surface area contributed by atoms with Crippen LogP contribution in [0.2, 0.25) is 5.02 Å². The molecule has 4 rings (SSSR count). The normalized spacial score (nSPS) is 11.3. The number of halogens is 2. The van der Waals surface area contributed by atoms with E-state index in [1.54, 1.807) is 16.8 Å². The number of thioether (sulfide) groups is 1. The summed E-state index contributed by atoms with van der Waals surface area (Å²) in [6.07, 6.45) is 1.58. The molecule has 28 heavy (non-hydrogen) atoms. The maximum atomic E-state index is 13.9. The van der Waals surface area contributed by atoms with Crippen LogP contribution in [0, 0.1) is 5.82 Å². The van der Waals surface area contributed by atoms with Gasteiger partial charge in [-0.2, -0.15) is 4.98 Å². The third kappa shape index (κ3) is 3.48. The summed E-state index contributed by atoms with van der Waals surface area (Å²) in [5, 5.41) is 12.1. The number of carbonyl (C=O) groups is 1. The average Bonchev–Trinajstić information content (AvgIpc) is 3.27. The number of nitrogens with one attached hydrogen (secondary N) is 1. The number of hydrogen-bond acceptors (Lipinski definition) is 8.